The molecule has 0 radical (unpaired) electrons. The van der Waals surface area contributed by atoms with Crippen LogP contribution in [0.2, 0.25) is 0 Å². The molecule has 3 rings (SSSR count). The van der Waals surface area contributed by atoms with Gasteiger partial charge in [0.25, 0.3) is 0 Å². The van der Waals surface area contributed by atoms with Gasteiger partial charge in [-0.05, 0) is 0 Å². The summed E-state index contributed by atoms with van der Waals surface area (Å²) in [6.07, 6.45) is 17.3. The molecule has 0 amide bonds. The zero-order valence-corrected chi connectivity index (χ0v) is 23.5. The van der Waals surface area contributed by atoms with Crippen LogP contribution in [0.5, 0.6) is 0 Å². The van der Waals surface area contributed by atoms with Gasteiger partial charge in [0.1, 0.15) is 0 Å². The van der Waals surface area contributed by atoms with E-state index in [9.17, 15) is 0 Å². The van der Waals surface area contributed by atoms with E-state index in [2.05, 4.69) is 72.8 Å². The van der Waals surface area contributed by atoms with Crippen molar-refractivity contribution in [3.63, 3.8) is 0 Å². The van der Waals surface area contributed by atoms with E-state index < -0.39 is 21.8 Å². The number of rotatable bonds is 7. The van der Waals surface area contributed by atoms with E-state index in [-0.39, 0.29) is 30.2 Å². The van der Waals surface area contributed by atoms with Crippen LogP contribution in [0.3, 0.4) is 0 Å². The third kappa shape index (κ3) is 4.89. The molecule has 0 bridgehead atoms. The van der Waals surface area contributed by atoms with Crippen LogP contribution in [0.25, 0.3) is 0 Å². The van der Waals surface area contributed by atoms with Crippen molar-refractivity contribution in [2.75, 3.05) is 0 Å². The van der Waals surface area contributed by atoms with E-state index in [0.717, 1.165) is 0 Å². The van der Waals surface area contributed by atoms with Crippen LogP contribution in [-0.4, -0.2) is 0 Å². The van der Waals surface area contributed by atoms with Crippen molar-refractivity contribution in [2.45, 2.75) is 87.0 Å². The Morgan fingerprint density at radius 1 is 0.793 bits per heavy atom. The van der Waals surface area contributed by atoms with Gasteiger partial charge in [-0.2, -0.15) is 0 Å². The third-order valence-corrected chi connectivity index (χ3v) is 16.2. The van der Waals surface area contributed by atoms with Gasteiger partial charge in [0.15, 0.2) is 0 Å². The van der Waals surface area contributed by atoms with Gasteiger partial charge >= 0.3 is 176 Å². The summed E-state index contributed by atoms with van der Waals surface area (Å²) in [5.74, 6) is 0. The summed E-state index contributed by atoms with van der Waals surface area (Å²) in [5, 5.41) is 0. The minimum absolute atomic E-state index is 0. The number of halogens is 2. The SMILES string of the molecule is CCCC1=[C]([Zr]([C]2=C(CCC)C=CC2)[C]2=C(C)C(C)=C(C)C2(C)C)CC=C1.Cl.Cl. The van der Waals surface area contributed by atoms with Gasteiger partial charge < -0.3 is 0 Å². The smallest absolute Gasteiger partial charge is 0.147 e. The van der Waals surface area contributed by atoms with E-state index in [1.165, 1.54) is 38.5 Å². The van der Waals surface area contributed by atoms with E-state index in [0.29, 0.717) is 0 Å². The Morgan fingerprint density at radius 3 is 1.59 bits per heavy atom. The van der Waals surface area contributed by atoms with E-state index in [4.69, 9.17) is 0 Å². The predicted octanol–water partition coefficient (Wildman–Crippen LogP) is 9.13. The summed E-state index contributed by atoms with van der Waals surface area (Å²) in [6.45, 7) is 16.8. The second kappa shape index (κ2) is 11.0. The Kier molecular flexibility index (Phi) is 10.2. The Bertz CT molecular complexity index is 776. The van der Waals surface area contributed by atoms with Gasteiger partial charge in [0, 0.05) is 0 Å². The van der Waals surface area contributed by atoms with Gasteiger partial charge in [0.2, 0.25) is 0 Å². The Hall–Kier alpha value is -0.0969. The van der Waals surface area contributed by atoms with Crippen molar-refractivity contribution in [3.8, 4) is 0 Å². The average molecular weight is 514 g/mol. The van der Waals surface area contributed by atoms with Crippen LogP contribution in [0, 0.1) is 5.41 Å². The molecule has 29 heavy (non-hydrogen) atoms. The molecule has 0 unspecified atom stereocenters. The van der Waals surface area contributed by atoms with Crippen LogP contribution >= 0.6 is 24.8 Å². The van der Waals surface area contributed by atoms with E-state index >= 15 is 0 Å². The van der Waals surface area contributed by atoms with Crippen molar-refractivity contribution >= 4 is 24.8 Å². The molecule has 0 aromatic carbocycles. The van der Waals surface area contributed by atoms with Gasteiger partial charge in [0.05, 0.1) is 0 Å². The molecule has 0 fully saturated rings. The monoisotopic (exact) mass is 511 g/mol. The maximum Gasteiger partial charge on any atom is -0.147 e. The summed E-state index contributed by atoms with van der Waals surface area (Å²) < 4.78 is 5.65. The molecule has 0 spiro atoms. The van der Waals surface area contributed by atoms with Gasteiger partial charge in [-0.3, -0.25) is 0 Å². The molecule has 0 saturated carbocycles. The molecule has 0 nitrogen and oxygen atoms in total. The molecule has 0 atom stereocenters. The number of hydrogen-bond donors (Lipinski definition) is 0. The molecule has 3 aliphatic carbocycles. The predicted molar refractivity (Wildman–Crippen MR) is 131 cm³/mol. The topological polar surface area (TPSA) is 0 Å². The molecule has 0 N–H and O–H groups in total. The average Bonchev–Trinajstić information content (AvgIpc) is 3.30. The molecule has 3 aliphatic rings. The van der Waals surface area contributed by atoms with Crippen molar-refractivity contribution < 1.29 is 21.8 Å². The molecule has 0 aliphatic heterocycles. The van der Waals surface area contributed by atoms with Crippen LogP contribution < -0.4 is 0 Å². The zero-order chi connectivity index (χ0) is 19.8. The normalized spacial score (nSPS) is 20.1. The maximum atomic E-state index is 2.50. The number of hydrogen-bond acceptors (Lipinski definition) is 0. The Balaban J connectivity index is 0.00000210. The first-order valence-corrected chi connectivity index (χ1v) is 14.6. The number of allylic oxidation sites excluding steroid dienone is 12. The summed E-state index contributed by atoms with van der Waals surface area (Å²) >= 11 is -2.12. The Morgan fingerprint density at radius 2 is 1.24 bits per heavy atom. The minimum Gasteiger partial charge on any atom is -0.147 e. The van der Waals surface area contributed by atoms with Crippen molar-refractivity contribution in [1.82, 2.24) is 0 Å². The summed E-state index contributed by atoms with van der Waals surface area (Å²) in [7, 11) is 0. The molecule has 0 heterocycles. The summed E-state index contributed by atoms with van der Waals surface area (Å²) in [6, 6.07) is 0. The largest absolute Gasteiger partial charge is 0.147 e. The van der Waals surface area contributed by atoms with Crippen LogP contribution in [-0.2, 0) is 21.8 Å². The first-order chi connectivity index (χ1) is 12.8. The molecular weight excluding hydrogens is 474 g/mol. The van der Waals surface area contributed by atoms with Gasteiger partial charge in [-0.15, -0.1) is 24.8 Å². The first kappa shape index (κ1) is 26.9. The van der Waals surface area contributed by atoms with Crippen LogP contribution in [0.4, 0.5) is 0 Å². The quantitative estimate of drug-likeness (QED) is 0.318. The van der Waals surface area contributed by atoms with Gasteiger partial charge in [-0.25, -0.2) is 0 Å². The van der Waals surface area contributed by atoms with Gasteiger partial charge in [-0.1, -0.05) is 0 Å². The molecule has 0 aromatic rings. The fourth-order valence-corrected chi connectivity index (χ4v) is 15.2. The molecule has 3 heteroatoms. The third-order valence-electron chi connectivity index (χ3n) is 7.01. The van der Waals surface area contributed by atoms with Crippen molar-refractivity contribution in [1.29, 1.82) is 0 Å². The molecular formula is C26H39Cl2Zr. The second-order valence-corrected chi connectivity index (χ2v) is 15.0. The second-order valence-electron chi connectivity index (χ2n) is 8.97. The van der Waals surface area contributed by atoms with Crippen LogP contribution in [0.15, 0.2) is 62.0 Å². The fourth-order valence-electron chi connectivity index (χ4n) is 5.21. The molecule has 161 valence electrons. The zero-order valence-electron chi connectivity index (χ0n) is 19.4. The van der Waals surface area contributed by atoms with E-state index in [1.807, 2.05) is 9.84 Å². The molecule has 0 saturated heterocycles. The van der Waals surface area contributed by atoms with Crippen molar-refractivity contribution in [3.05, 3.63) is 62.0 Å². The van der Waals surface area contributed by atoms with E-state index in [1.54, 1.807) is 27.9 Å². The standard InChI is InChI=1S/C10H15.2C8H11.2ClH.Zr/c1-7-6-10(4,5)9(3)8(7)2;2*1-2-5-8-6-3-4-7-8;;;/h1-5H3;2*3,6H,2,4-5H2,1H3;2*1H;. The first-order valence-electron chi connectivity index (χ1n) is 10.9. The van der Waals surface area contributed by atoms with Crippen molar-refractivity contribution in [2.24, 2.45) is 5.41 Å². The Labute approximate surface area is 199 Å². The fraction of sp³-hybridized carbons (Fsp3) is 0.538. The maximum absolute atomic E-state index is 2.50. The van der Waals surface area contributed by atoms with Crippen LogP contribution in [0.1, 0.15) is 87.0 Å². The summed E-state index contributed by atoms with van der Waals surface area (Å²) in [5.41, 5.74) is 8.45. The summed E-state index contributed by atoms with van der Waals surface area (Å²) in [4.78, 5) is 0. The minimum atomic E-state index is -2.12. The molecule has 0 aromatic heterocycles.